The Morgan fingerprint density at radius 2 is 2.04 bits per heavy atom. The molecular weight excluding hydrogens is 342 g/mol. The van der Waals surface area contributed by atoms with Crippen LogP contribution >= 0.6 is 0 Å². The second-order valence-electron chi connectivity index (χ2n) is 6.30. The second-order valence-corrected chi connectivity index (χ2v) is 8.01. The summed E-state index contributed by atoms with van der Waals surface area (Å²) in [6, 6.07) is 7.91. The smallest absolute Gasteiger partial charge is 0.245 e. The Balaban J connectivity index is 1.60. The zero-order valence-electron chi connectivity index (χ0n) is 14.7. The van der Waals surface area contributed by atoms with Crippen molar-refractivity contribution in [1.82, 2.24) is 9.88 Å². The summed E-state index contributed by atoms with van der Waals surface area (Å²) >= 11 is 0. The van der Waals surface area contributed by atoms with Crippen LogP contribution in [0.2, 0.25) is 0 Å². The highest BCUT2D eigenvalue weighted by atomic mass is 32.2. The number of benzene rings is 1. The van der Waals surface area contributed by atoms with Gasteiger partial charge in [-0.2, -0.15) is 0 Å². The van der Waals surface area contributed by atoms with Crippen LogP contribution in [0.1, 0.15) is 17.9 Å². The minimum atomic E-state index is -3.60. The third-order valence-corrected chi connectivity index (χ3v) is 6.19. The fourth-order valence-corrected chi connectivity index (χ4v) is 4.63. The topological polar surface area (TPSA) is 84.7 Å². The predicted molar refractivity (Wildman–Crippen MR) is 94.5 cm³/mol. The van der Waals surface area contributed by atoms with Crippen molar-refractivity contribution in [3.05, 3.63) is 35.7 Å². The Labute approximate surface area is 148 Å². The number of rotatable bonds is 6. The maximum absolute atomic E-state index is 12.5. The lowest BCUT2D eigenvalue weighted by molar-refractivity contribution is 0.390. The molecule has 0 aliphatic carbocycles. The van der Waals surface area contributed by atoms with Crippen molar-refractivity contribution in [3.8, 4) is 5.75 Å². The standard InChI is InChI=1S/C17H23N3O4S/c1-12-17(13(2)24-19-12)25(21,22)18-10-14-8-9-20(11-14)15-4-6-16(23-3)7-5-15/h4-7,14,18H,8-11H2,1-3H3. The number of aromatic nitrogens is 1. The first-order valence-electron chi connectivity index (χ1n) is 8.22. The molecular formula is C17H23N3O4S. The zero-order valence-corrected chi connectivity index (χ0v) is 15.5. The third-order valence-electron chi connectivity index (χ3n) is 4.52. The van der Waals surface area contributed by atoms with E-state index in [1.165, 1.54) is 0 Å². The minimum Gasteiger partial charge on any atom is -0.497 e. The molecule has 136 valence electrons. The molecule has 0 amide bonds. The zero-order chi connectivity index (χ0) is 18.0. The average Bonchev–Trinajstić information content (AvgIpc) is 3.20. The Kier molecular flexibility index (Phi) is 5.01. The minimum absolute atomic E-state index is 0.150. The molecule has 2 aromatic rings. The molecule has 1 N–H and O–H groups in total. The number of anilines is 1. The van der Waals surface area contributed by atoms with Gasteiger partial charge in [0.25, 0.3) is 0 Å². The van der Waals surface area contributed by atoms with Gasteiger partial charge >= 0.3 is 0 Å². The lowest BCUT2D eigenvalue weighted by Gasteiger charge is -2.19. The molecule has 1 aromatic heterocycles. The normalized spacial score (nSPS) is 17.9. The molecule has 0 spiro atoms. The number of hydrogen-bond acceptors (Lipinski definition) is 6. The van der Waals surface area contributed by atoms with Crippen LogP contribution in [0.15, 0.2) is 33.7 Å². The van der Waals surface area contributed by atoms with Gasteiger partial charge in [0, 0.05) is 25.3 Å². The van der Waals surface area contributed by atoms with Gasteiger partial charge in [-0.3, -0.25) is 0 Å². The molecule has 1 aromatic carbocycles. The molecule has 0 saturated carbocycles. The number of sulfonamides is 1. The summed E-state index contributed by atoms with van der Waals surface area (Å²) < 4.78 is 37.8. The quantitative estimate of drug-likeness (QED) is 0.844. The highest BCUT2D eigenvalue weighted by Gasteiger charge is 2.28. The first kappa shape index (κ1) is 17.8. The highest BCUT2D eigenvalue weighted by Crippen LogP contribution is 2.26. The molecule has 0 radical (unpaired) electrons. The van der Waals surface area contributed by atoms with Crippen molar-refractivity contribution >= 4 is 15.7 Å². The molecule has 8 heteroatoms. The van der Waals surface area contributed by atoms with Gasteiger partial charge in [-0.15, -0.1) is 0 Å². The molecule has 2 heterocycles. The first-order chi connectivity index (χ1) is 11.9. The first-order valence-corrected chi connectivity index (χ1v) is 9.70. The number of ether oxygens (including phenoxy) is 1. The monoisotopic (exact) mass is 365 g/mol. The molecule has 7 nitrogen and oxygen atoms in total. The van der Waals surface area contributed by atoms with Gasteiger partial charge in [0.1, 0.15) is 16.3 Å². The van der Waals surface area contributed by atoms with E-state index in [2.05, 4.69) is 14.8 Å². The SMILES string of the molecule is COc1ccc(N2CCC(CNS(=O)(=O)c3c(C)noc3C)C2)cc1. The molecule has 1 aliphatic heterocycles. The number of hydrogen-bond donors (Lipinski definition) is 1. The fourth-order valence-electron chi connectivity index (χ4n) is 3.18. The Hall–Kier alpha value is -2.06. The number of methoxy groups -OCH3 is 1. The van der Waals surface area contributed by atoms with Crippen molar-refractivity contribution in [2.75, 3.05) is 31.6 Å². The fraction of sp³-hybridized carbons (Fsp3) is 0.471. The summed E-state index contributed by atoms with van der Waals surface area (Å²) in [5.41, 5.74) is 1.51. The van der Waals surface area contributed by atoms with E-state index in [1.54, 1.807) is 21.0 Å². The van der Waals surface area contributed by atoms with E-state index >= 15 is 0 Å². The molecule has 3 rings (SSSR count). The molecule has 1 saturated heterocycles. The lowest BCUT2D eigenvalue weighted by atomic mass is 10.1. The number of nitrogens with zero attached hydrogens (tertiary/aromatic N) is 2. The summed E-state index contributed by atoms with van der Waals surface area (Å²) in [5.74, 6) is 1.40. The molecule has 1 unspecified atom stereocenters. The van der Waals surface area contributed by atoms with Crippen LogP contribution in [0.4, 0.5) is 5.69 Å². The van der Waals surface area contributed by atoms with Gasteiger partial charge in [0.15, 0.2) is 5.76 Å². The van der Waals surface area contributed by atoms with E-state index in [0.29, 0.717) is 18.0 Å². The summed E-state index contributed by atoms with van der Waals surface area (Å²) in [6.07, 6.45) is 0.941. The van der Waals surface area contributed by atoms with Crippen LogP contribution < -0.4 is 14.4 Å². The van der Waals surface area contributed by atoms with Gasteiger partial charge in [0.2, 0.25) is 10.0 Å². The highest BCUT2D eigenvalue weighted by molar-refractivity contribution is 7.89. The summed E-state index contributed by atoms with van der Waals surface area (Å²) in [4.78, 5) is 2.41. The van der Waals surface area contributed by atoms with E-state index < -0.39 is 10.0 Å². The maximum Gasteiger partial charge on any atom is 0.245 e. The molecule has 1 atom stereocenters. The van der Waals surface area contributed by atoms with E-state index in [1.807, 2.05) is 24.3 Å². The maximum atomic E-state index is 12.5. The van der Waals surface area contributed by atoms with Crippen LogP contribution in [0.25, 0.3) is 0 Å². The van der Waals surface area contributed by atoms with Crippen LogP contribution in [0.5, 0.6) is 5.75 Å². The van der Waals surface area contributed by atoms with E-state index in [0.717, 1.165) is 30.9 Å². The van der Waals surface area contributed by atoms with Crippen LogP contribution in [0, 0.1) is 19.8 Å². The van der Waals surface area contributed by atoms with Crippen LogP contribution in [-0.2, 0) is 10.0 Å². The second kappa shape index (κ2) is 7.05. The lowest BCUT2D eigenvalue weighted by Crippen LogP contribution is -2.31. The van der Waals surface area contributed by atoms with Gasteiger partial charge in [0.05, 0.1) is 7.11 Å². The van der Waals surface area contributed by atoms with Crippen molar-refractivity contribution in [3.63, 3.8) is 0 Å². The summed E-state index contributed by atoms with van der Waals surface area (Å²) in [6.45, 7) is 5.36. The van der Waals surface area contributed by atoms with Crippen LogP contribution in [0.3, 0.4) is 0 Å². The van der Waals surface area contributed by atoms with E-state index in [4.69, 9.17) is 9.26 Å². The van der Waals surface area contributed by atoms with Crippen molar-refractivity contribution in [2.45, 2.75) is 25.2 Å². The van der Waals surface area contributed by atoms with Gasteiger partial charge in [-0.05, 0) is 50.5 Å². The van der Waals surface area contributed by atoms with Gasteiger partial charge in [-0.1, -0.05) is 5.16 Å². The Bertz CT molecular complexity index is 811. The van der Waals surface area contributed by atoms with E-state index in [9.17, 15) is 8.42 Å². The van der Waals surface area contributed by atoms with Crippen molar-refractivity contribution < 1.29 is 17.7 Å². The van der Waals surface area contributed by atoms with Crippen molar-refractivity contribution in [2.24, 2.45) is 5.92 Å². The Morgan fingerprint density at radius 1 is 1.32 bits per heavy atom. The third kappa shape index (κ3) is 3.80. The number of aryl methyl sites for hydroxylation is 2. The largest absolute Gasteiger partial charge is 0.497 e. The molecule has 0 bridgehead atoms. The number of nitrogens with one attached hydrogen (secondary N) is 1. The van der Waals surface area contributed by atoms with Crippen LogP contribution in [-0.4, -0.2) is 40.3 Å². The van der Waals surface area contributed by atoms with Gasteiger partial charge < -0.3 is 14.2 Å². The average molecular weight is 365 g/mol. The Morgan fingerprint density at radius 3 is 2.64 bits per heavy atom. The summed E-state index contributed by atoms with van der Waals surface area (Å²) in [7, 11) is -1.95. The van der Waals surface area contributed by atoms with E-state index in [-0.39, 0.29) is 10.8 Å². The van der Waals surface area contributed by atoms with Gasteiger partial charge in [-0.25, -0.2) is 13.1 Å². The molecule has 25 heavy (non-hydrogen) atoms. The molecule has 1 aliphatic rings. The van der Waals surface area contributed by atoms with Crippen molar-refractivity contribution in [1.29, 1.82) is 0 Å². The predicted octanol–water partition coefficient (Wildman–Crippen LogP) is 2.10. The molecule has 1 fully saturated rings. The summed E-state index contributed by atoms with van der Waals surface area (Å²) in [5, 5.41) is 3.72.